The molecule has 0 saturated carbocycles. The first kappa shape index (κ1) is 12.5. The highest BCUT2D eigenvalue weighted by molar-refractivity contribution is 5.30. The lowest BCUT2D eigenvalue weighted by Crippen LogP contribution is -2.01. The van der Waals surface area contributed by atoms with E-state index in [1.165, 1.54) is 6.07 Å². The molecule has 2 nitrogen and oxygen atoms in total. The van der Waals surface area contributed by atoms with Gasteiger partial charge in [-0.1, -0.05) is 13.0 Å². The zero-order chi connectivity index (χ0) is 12.0. The Hall–Kier alpha value is -1.56. The molecule has 1 atom stereocenters. The summed E-state index contributed by atoms with van der Waals surface area (Å²) in [6.45, 7) is 4.22. The first-order valence-electron chi connectivity index (χ1n) is 5.52. The molecule has 1 rings (SSSR count). The molecule has 16 heavy (non-hydrogen) atoms. The molecule has 1 aromatic carbocycles. The molecule has 0 heterocycles. The molecule has 0 aliphatic carbocycles. The van der Waals surface area contributed by atoms with Crippen LogP contribution in [0.4, 0.5) is 4.39 Å². The van der Waals surface area contributed by atoms with Crippen LogP contribution in [0.3, 0.4) is 0 Å². The predicted octanol–water partition coefficient (Wildman–Crippen LogP) is 3.32. The Morgan fingerprint density at radius 3 is 2.69 bits per heavy atom. The van der Waals surface area contributed by atoms with Gasteiger partial charge in [0.25, 0.3) is 0 Å². The first-order valence-corrected chi connectivity index (χ1v) is 5.52. The van der Waals surface area contributed by atoms with E-state index in [0.717, 1.165) is 12.0 Å². The second-order valence-corrected chi connectivity index (χ2v) is 3.64. The van der Waals surface area contributed by atoms with Gasteiger partial charge in [0.05, 0.1) is 18.6 Å². The standard InChI is InChI=1S/C13H16FNO/c1-3-10(9-15)7-11-5-6-13(16-4-2)12(14)8-11/h5-6,8,10H,3-4,7H2,1-2H3. The van der Waals surface area contributed by atoms with Gasteiger partial charge in [-0.25, -0.2) is 4.39 Å². The number of rotatable bonds is 5. The second-order valence-electron chi connectivity index (χ2n) is 3.64. The van der Waals surface area contributed by atoms with Crippen LogP contribution in [-0.2, 0) is 6.42 Å². The zero-order valence-corrected chi connectivity index (χ0v) is 9.66. The Kier molecular flexibility index (Phi) is 4.78. The minimum absolute atomic E-state index is 0.0441. The van der Waals surface area contributed by atoms with Gasteiger partial charge in [0.15, 0.2) is 11.6 Å². The van der Waals surface area contributed by atoms with Crippen LogP contribution in [0.5, 0.6) is 5.75 Å². The molecular formula is C13H16FNO. The molecule has 1 aromatic rings. The molecule has 0 bridgehead atoms. The average molecular weight is 221 g/mol. The topological polar surface area (TPSA) is 33.0 Å². The van der Waals surface area contributed by atoms with Crippen LogP contribution in [0.15, 0.2) is 18.2 Å². The van der Waals surface area contributed by atoms with Gasteiger partial charge in [-0.3, -0.25) is 0 Å². The van der Waals surface area contributed by atoms with Gasteiger partial charge in [-0.15, -0.1) is 0 Å². The zero-order valence-electron chi connectivity index (χ0n) is 9.66. The van der Waals surface area contributed by atoms with E-state index in [1.54, 1.807) is 6.07 Å². The molecule has 0 amide bonds. The number of hydrogen-bond donors (Lipinski definition) is 0. The summed E-state index contributed by atoms with van der Waals surface area (Å²) in [5, 5.41) is 8.83. The molecule has 0 saturated heterocycles. The lowest BCUT2D eigenvalue weighted by molar-refractivity contribution is 0.321. The number of ether oxygens (including phenoxy) is 1. The Bertz CT molecular complexity index is 384. The fraction of sp³-hybridized carbons (Fsp3) is 0.462. The van der Waals surface area contributed by atoms with E-state index in [1.807, 2.05) is 19.9 Å². The van der Waals surface area contributed by atoms with Gasteiger partial charge in [0.1, 0.15) is 0 Å². The van der Waals surface area contributed by atoms with Crippen molar-refractivity contribution in [3.05, 3.63) is 29.6 Å². The van der Waals surface area contributed by atoms with Crippen LogP contribution in [-0.4, -0.2) is 6.61 Å². The SMILES string of the molecule is CCOc1ccc(CC(C#N)CC)cc1F. The van der Waals surface area contributed by atoms with Crippen molar-refractivity contribution in [2.75, 3.05) is 6.61 Å². The number of benzene rings is 1. The van der Waals surface area contributed by atoms with E-state index in [2.05, 4.69) is 6.07 Å². The smallest absolute Gasteiger partial charge is 0.165 e. The van der Waals surface area contributed by atoms with Crippen LogP contribution in [0.25, 0.3) is 0 Å². The third-order valence-electron chi connectivity index (χ3n) is 2.45. The van der Waals surface area contributed by atoms with Crippen molar-refractivity contribution in [1.82, 2.24) is 0 Å². The molecule has 3 heteroatoms. The minimum atomic E-state index is -0.354. The summed E-state index contributed by atoms with van der Waals surface area (Å²) in [4.78, 5) is 0. The van der Waals surface area contributed by atoms with Crippen molar-refractivity contribution < 1.29 is 9.13 Å². The maximum atomic E-state index is 13.5. The van der Waals surface area contributed by atoms with Gasteiger partial charge in [-0.2, -0.15) is 5.26 Å². The van der Waals surface area contributed by atoms with Gasteiger partial charge in [0, 0.05) is 0 Å². The maximum Gasteiger partial charge on any atom is 0.165 e. The van der Waals surface area contributed by atoms with Crippen molar-refractivity contribution in [3.8, 4) is 11.8 Å². The number of nitrogens with zero attached hydrogens (tertiary/aromatic N) is 1. The van der Waals surface area contributed by atoms with E-state index in [0.29, 0.717) is 13.0 Å². The quantitative estimate of drug-likeness (QED) is 0.764. The highest BCUT2D eigenvalue weighted by atomic mass is 19.1. The van der Waals surface area contributed by atoms with E-state index >= 15 is 0 Å². The Morgan fingerprint density at radius 1 is 1.44 bits per heavy atom. The number of nitriles is 1. The van der Waals surface area contributed by atoms with Gasteiger partial charge < -0.3 is 4.74 Å². The Morgan fingerprint density at radius 2 is 2.19 bits per heavy atom. The molecule has 0 aliphatic rings. The molecule has 0 radical (unpaired) electrons. The maximum absolute atomic E-state index is 13.5. The highest BCUT2D eigenvalue weighted by Crippen LogP contribution is 2.20. The van der Waals surface area contributed by atoms with Crippen molar-refractivity contribution in [3.63, 3.8) is 0 Å². The van der Waals surface area contributed by atoms with Crippen LogP contribution in [0.2, 0.25) is 0 Å². The summed E-state index contributed by atoms with van der Waals surface area (Å²) in [6, 6.07) is 7.09. The highest BCUT2D eigenvalue weighted by Gasteiger charge is 2.09. The van der Waals surface area contributed by atoms with E-state index in [9.17, 15) is 4.39 Å². The van der Waals surface area contributed by atoms with Crippen LogP contribution < -0.4 is 4.74 Å². The summed E-state index contributed by atoms with van der Waals surface area (Å²) in [5.41, 5.74) is 0.842. The van der Waals surface area contributed by atoms with Gasteiger partial charge >= 0.3 is 0 Å². The van der Waals surface area contributed by atoms with Crippen LogP contribution in [0, 0.1) is 23.1 Å². The molecule has 1 unspecified atom stereocenters. The molecule has 0 N–H and O–H groups in total. The van der Waals surface area contributed by atoms with Crippen LogP contribution >= 0.6 is 0 Å². The third-order valence-corrected chi connectivity index (χ3v) is 2.45. The summed E-state index contributed by atoms with van der Waals surface area (Å²) < 4.78 is 18.6. The fourth-order valence-corrected chi connectivity index (χ4v) is 1.51. The number of halogens is 1. The summed E-state index contributed by atoms with van der Waals surface area (Å²) >= 11 is 0. The average Bonchev–Trinajstić information content (AvgIpc) is 2.29. The monoisotopic (exact) mass is 221 g/mol. The molecule has 0 aliphatic heterocycles. The second kappa shape index (κ2) is 6.12. The Balaban J connectivity index is 2.77. The lowest BCUT2D eigenvalue weighted by atomic mass is 9.98. The molecule has 86 valence electrons. The van der Waals surface area contributed by atoms with E-state index in [-0.39, 0.29) is 17.5 Å². The lowest BCUT2D eigenvalue weighted by Gasteiger charge is -2.08. The van der Waals surface area contributed by atoms with Crippen molar-refractivity contribution in [2.45, 2.75) is 26.7 Å². The first-order chi connectivity index (χ1) is 7.71. The summed E-state index contributed by atoms with van der Waals surface area (Å²) in [6.07, 6.45) is 1.38. The van der Waals surface area contributed by atoms with Crippen molar-refractivity contribution >= 4 is 0 Å². The molecule has 0 fully saturated rings. The van der Waals surface area contributed by atoms with Gasteiger partial charge in [-0.05, 0) is 37.5 Å². The predicted molar refractivity (Wildman–Crippen MR) is 60.7 cm³/mol. The summed E-state index contributed by atoms with van der Waals surface area (Å²) in [5.74, 6) is -0.124. The van der Waals surface area contributed by atoms with Crippen LogP contribution in [0.1, 0.15) is 25.8 Å². The fourth-order valence-electron chi connectivity index (χ4n) is 1.51. The summed E-state index contributed by atoms with van der Waals surface area (Å²) in [7, 11) is 0. The van der Waals surface area contributed by atoms with Gasteiger partial charge in [0.2, 0.25) is 0 Å². The van der Waals surface area contributed by atoms with E-state index in [4.69, 9.17) is 10.00 Å². The van der Waals surface area contributed by atoms with Crippen molar-refractivity contribution in [1.29, 1.82) is 5.26 Å². The molecule has 0 spiro atoms. The van der Waals surface area contributed by atoms with Crippen molar-refractivity contribution in [2.24, 2.45) is 5.92 Å². The third kappa shape index (κ3) is 3.23. The molecule has 0 aromatic heterocycles. The minimum Gasteiger partial charge on any atom is -0.491 e. The Labute approximate surface area is 95.7 Å². The van der Waals surface area contributed by atoms with E-state index < -0.39 is 0 Å². The largest absolute Gasteiger partial charge is 0.491 e. The number of hydrogen-bond acceptors (Lipinski definition) is 2. The normalized spacial score (nSPS) is 11.9. The molecular weight excluding hydrogens is 205 g/mol.